The number of aryl methyl sites for hydroxylation is 1. The van der Waals surface area contributed by atoms with E-state index < -0.39 is 25.5 Å². The van der Waals surface area contributed by atoms with Gasteiger partial charge in [0, 0.05) is 24.4 Å². The van der Waals surface area contributed by atoms with Gasteiger partial charge >= 0.3 is 5.69 Å². The number of nitrogens with zero attached hydrogens (tertiary/aromatic N) is 2. The molecule has 9 heteroatoms. The summed E-state index contributed by atoms with van der Waals surface area (Å²) in [6, 6.07) is 11.3. The number of sulfonamides is 1. The van der Waals surface area contributed by atoms with Crippen molar-refractivity contribution in [2.45, 2.75) is 4.90 Å². The number of nitrogens with two attached hydrogens (primary N) is 1. The largest absolute Gasteiger partial charge is 0.350 e. The first-order valence-electron chi connectivity index (χ1n) is 6.89. The summed E-state index contributed by atoms with van der Waals surface area (Å²) in [6.07, 6.45) is 1.90. The van der Waals surface area contributed by atoms with Crippen LogP contribution < -0.4 is 10.5 Å². The summed E-state index contributed by atoms with van der Waals surface area (Å²) in [5, 5.41) is 20.3. The number of anilines is 2. The van der Waals surface area contributed by atoms with E-state index in [-0.39, 0.29) is 5.69 Å². The molecule has 0 spiro atoms. The Morgan fingerprint density at radius 3 is 2.62 bits per heavy atom. The van der Waals surface area contributed by atoms with Crippen LogP contribution in [0.2, 0.25) is 0 Å². The quantitative estimate of drug-likeness (QED) is 0.555. The van der Waals surface area contributed by atoms with E-state index in [0.29, 0.717) is 5.69 Å². The van der Waals surface area contributed by atoms with E-state index in [0.717, 1.165) is 17.0 Å². The molecule has 1 aromatic heterocycles. The van der Waals surface area contributed by atoms with Crippen LogP contribution in [0.25, 0.3) is 10.9 Å². The van der Waals surface area contributed by atoms with E-state index in [1.54, 1.807) is 6.07 Å². The van der Waals surface area contributed by atoms with Crippen molar-refractivity contribution in [2.75, 3.05) is 5.32 Å². The third-order valence-corrected chi connectivity index (χ3v) is 4.60. The van der Waals surface area contributed by atoms with Gasteiger partial charge in [-0.05, 0) is 35.7 Å². The smallest absolute Gasteiger partial charge is 0.312 e. The van der Waals surface area contributed by atoms with Gasteiger partial charge in [0.2, 0.25) is 10.0 Å². The maximum atomic E-state index is 11.6. The lowest BCUT2D eigenvalue weighted by molar-refractivity contribution is -0.386. The molecule has 0 radical (unpaired) electrons. The van der Waals surface area contributed by atoms with Gasteiger partial charge in [0.1, 0.15) is 5.69 Å². The predicted molar refractivity (Wildman–Crippen MR) is 90.7 cm³/mol. The number of fused-ring (bicyclic) bond motifs is 1. The molecule has 0 unspecified atom stereocenters. The second-order valence-electron chi connectivity index (χ2n) is 5.28. The molecule has 2 aromatic carbocycles. The maximum absolute atomic E-state index is 11.6. The van der Waals surface area contributed by atoms with Crippen molar-refractivity contribution in [1.82, 2.24) is 4.57 Å². The van der Waals surface area contributed by atoms with Crippen LogP contribution in [-0.2, 0) is 17.1 Å². The molecule has 0 saturated heterocycles. The van der Waals surface area contributed by atoms with Crippen molar-refractivity contribution in [3.8, 4) is 0 Å². The Morgan fingerprint density at radius 1 is 1.21 bits per heavy atom. The van der Waals surface area contributed by atoms with E-state index in [1.807, 2.05) is 36.0 Å². The van der Waals surface area contributed by atoms with Crippen molar-refractivity contribution in [3.05, 3.63) is 58.8 Å². The van der Waals surface area contributed by atoms with Crippen LogP contribution in [0, 0.1) is 10.1 Å². The van der Waals surface area contributed by atoms with E-state index in [9.17, 15) is 18.5 Å². The standard InChI is InChI=1S/C15H14N4O4S/c1-18-8-7-10-5-6-11(9-13(10)18)17-12-3-2-4-14(24(16,22)23)15(12)19(20)21/h2-9,17H,1H3,(H2,16,22,23). The lowest BCUT2D eigenvalue weighted by Crippen LogP contribution is -2.15. The molecule has 0 bridgehead atoms. The number of nitro groups is 1. The second-order valence-corrected chi connectivity index (χ2v) is 6.81. The molecule has 1 heterocycles. The SMILES string of the molecule is Cn1ccc2ccc(Nc3cccc(S(N)(=O)=O)c3[N+](=O)[O-])cc21. The van der Waals surface area contributed by atoms with Crippen LogP contribution in [-0.4, -0.2) is 17.9 Å². The van der Waals surface area contributed by atoms with Gasteiger partial charge in [-0.25, -0.2) is 13.6 Å². The zero-order valence-corrected chi connectivity index (χ0v) is 13.4. The Kier molecular flexibility index (Phi) is 3.74. The van der Waals surface area contributed by atoms with Gasteiger partial charge in [0.15, 0.2) is 4.90 Å². The normalized spacial score (nSPS) is 11.6. The van der Waals surface area contributed by atoms with Gasteiger partial charge in [0.25, 0.3) is 0 Å². The maximum Gasteiger partial charge on any atom is 0.312 e. The summed E-state index contributed by atoms with van der Waals surface area (Å²) in [7, 11) is -2.33. The third-order valence-electron chi connectivity index (χ3n) is 3.66. The van der Waals surface area contributed by atoms with E-state index in [2.05, 4.69) is 5.32 Å². The lowest BCUT2D eigenvalue weighted by Gasteiger charge is -2.10. The zero-order chi connectivity index (χ0) is 17.5. The van der Waals surface area contributed by atoms with E-state index >= 15 is 0 Å². The van der Waals surface area contributed by atoms with Gasteiger partial charge in [-0.1, -0.05) is 12.1 Å². The molecule has 3 N–H and O–H groups in total. The van der Waals surface area contributed by atoms with Crippen molar-refractivity contribution >= 4 is 38.0 Å². The van der Waals surface area contributed by atoms with Crippen LogP contribution in [0.5, 0.6) is 0 Å². The predicted octanol–water partition coefficient (Wildman–Crippen LogP) is 2.48. The fourth-order valence-corrected chi connectivity index (χ4v) is 3.26. The third kappa shape index (κ3) is 2.82. The number of primary sulfonamides is 1. The number of rotatable bonds is 4. The van der Waals surface area contributed by atoms with Crippen molar-refractivity contribution in [2.24, 2.45) is 12.2 Å². The summed E-state index contributed by atoms with van der Waals surface area (Å²) in [5.74, 6) is 0. The number of aromatic nitrogens is 1. The van der Waals surface area contributed by atoms with Crippen LogP contribution >= 0.6 is 0 Å². The molecule has 0 aliphatic rings. The first-order chi connectivity index (χ1) is 11.3. The average Bonchev–Trinajstić information content (AvgIpc) is 2.87. The van der Waals surface area contributed by atoms with Crippen molar-refractivity contribution < 1.29 is 13.3 Å². The van der Waals surface area contributed by atoms with Crippen LogP contribution in [0.3, 0.4) is 0 Å². The summed E-state index contributed by atoms with van der Waals surface area (Å²) in [6.45, 7) is 0. The lowest BCUT2D eigenvalue weighted by atomic mass is 10.2. The number of nitrogens with one attached hydrogen (secondary N) is 1. The highest BCUT2D eigenvalue weighted by Crippen LogP contribution is 2.34. The van der Waals surface area contributed by atoms with Crippen LogP contribution in [0.4, 0.5) is 17.1 Å². The Morgan fingerprint density at radius 2 is 1.96 bits per heavy atom. The van der Waals surface area contributed by atoms with Gasteiger partial charge in [-0.15, -0.1) is 0 Å². The molecule has 24 heavy (non-hydrogen) atoms. The Hall–Kier alpha value is -2.91. The zero-order valence-electron chi connectivity index (χ0n) is 12.6. The molecule has 0 saturated carbocycles. The molecular formula is C15H14N4O4S. The minimum atomic E-state index is -4.21. The van der Waals surface area contributed by atoms with Gasteiger partial charge in [-0.3, -0.25) is 10.1 Å². The topological polar surface area (TPSA) is 120 Å². The molecule has 0 aliphatic heterocycles. The molecule has 0 atom stereocenters. The van der Waals surface area contributed by atoms with E-state index in [4.69, 9.17) is 5.14 Å². The van der Waals surface area contributed by atoms with Gasteiger partial charge < -0.3 is 9.88 Å². The summed E-state index contributed by atoms with van der Waals surface area (Å²) < 4.78 is 25.1. The number of hydrogen-bond donors (Lipinski definition) is 2. The highest BCUT2D eigenvalue weighted by molar-refractivity contribution is 7.89. The van der Waals surface area contributed by atoms with Gasteiger partial charge in [0.05, 0.1) is 4.92 Å². The Bertz CT molecular complexity index is 1060. The Labute approximate surface area is 137 Å². The number of hydrogen-bond acceptors (Lipinski definition) is 5. The molecule has 3 rings (SSSR count). The highest BCUT2D eigenvalue weighted by atomic mass is 32.2. The Balaban J connectivity index is 2.11. The number of para-hydroxylation sites is 1. The summed E-state index contributed by atoms with van der Waals surface area (Å²) in [5.41, 5.74) is 1.01. The first kappa shape index (κ1) is 16.0. The van der Waals surface area contributed by atoms with Crippen LogP contribution in [0.1, 0.15) is 0 Å². The van der Waals surface area contributed by atoms with Crippen molar-refractivity contribution in [3.63, 3.8) is 0 Å². The fraction of sp³-hybridized carbons (Fsp3) is 0.0667. The molecule has 3 aromatic rings. The van der Waals surface area contributed by atoms with Gasteiger partial charge in [-0.2, -0.15) is 0 Å². The molecule has 8 nitrogen and oxygen atoms in total. The molecular weight excluding hydrogens is 332 g/mol. The summed E-state index contributed by atoms with van der Waals surface area (Å²) >= 11 is 0. The molecule has 0 amide bonds. The second kappa shape index (κ2) is 5.62. The average molecular weight is 346 g/mol. The first-order valence-corrected chi connectivity index (χ1v) is 8.44. The molecule has 124 valence electrons. The van der Waals surface area contributed by atoms with E-state index in [1.165, 1.54) is 12.1 Å². The fourth-order valence-electron chi connectivity index (χ4n) is 2.54. The van der Waals surface area contributed by atoms with Crippen LogP contribution in [0.15, 0.2) is 53.6 Å². The molecule has 0 aliphatic carbocycles. The van der Waals surface area contributed by atoms with Crippen molar-refractivity contribution in [1.29, 1.82) is 0 Å². The molecule has 0 fully saturated rings. The minimum absolute atomic E-state index is 0.0556. The number of nitro benzene ring substituents is 1. The minimum Gasteiger partial charge on any atom is -0.350 e. The monoisotopic (exact) mass is 346 g/mol. The highest BCUT2D eigenvalue weighted by Gasteiger charge is 2.26. The summed E-state index contributed by atoms with van der Waals surface area (Å²) in [4.78, 5) is 10.1. The number of benzene rings is 2.